The number of anilines is 1. The van der Waals surface area contributed by atoms with E-state index in [4.69, 9.17) is 4.74 Å². The van der Waals surface area contributed by atoms with Crippen molar-refractivity contribution in [2.45, 2.75) is 25.9 Å². The molecule has 3 heterocycles. The molecule has 0 saturated carbocycles. The van der Waals surface area contributed by atoms with Gasteiger partial charge in [0, 0.05) is 35.6 Å². The third-order valence-corrected chi connectivity index (χ3v) is 7.58. The fourth-order valence-electron chi connectivity index (χ4n) is 5.64. The fourth-order valence-corrected chi connectivity index (χ4v) is 5.64. The minimum Gasteiger partial charge on any atom is -1.00 e. The van der Waals surface area contributed by atoms with Crippen LogP contribution in [-0.2, 0) is 9.53 Å². The number of carbonyl (C=O) groups excluding carboxylic acids is 2. The third kappa shape index (κ3) is 5.88. The third-order valence-electron chi connectivity index (χ3n) is 7.58. The minimum absolute atomic E-state index is 0. The average Bonchev–Trinajstić information content (AvgIpc) is 2.89. The lowest BCUT2D eigenvalue weighted by Crippen LogP contribution is -3.00. The molecule has 0 amide bonds. The van der Waals surface area contributed by atoms with Crippen molar-refractivity contribution >= 4 is 17.4 Å². The molecule has 3 aliphatic rings. The number of hydrogen-bond donors (Lipinski definition) is 1. The van der Waals surface area contributed by atoms with Crippen LogP contribution in [0.1, 0.15) is 28.8 Å². The summed E-state index contributed by atoms with van der Waals surface area (Å²) in [7, 11) is 0. The van der Waals surface area contributed by atoms with E-state index in [0.717, 1.165) is 59.3 Å². The largest absolute Gasteiger partial charge is 1.00 e. The maximum atomic E-state index is 12.9. The minimum atomic E-state index is -0.240. The van der Waals surface area contributed by atoms with E-state index in [9.17, 15) is 9.59 Å². The Bertz CT molecular complexity index is 1190. The number of ketones is 1. The monoisotopic (exact) mass is 548 g/mol. The molecule has 0 aliphatic carbocycles. The molecule has 3 aromatic carbocycles. The lowest BCUT2D eigenvalue weighted by Gasteiger charge is -2.51. The molecule has 1 atom stereocenters. The zero-order valence-corrected chi connectivity index (χ0v) is 22.2. The van der Waals surface area contributed by atoms with Crippen molar-refractivity contribution < 1.29 is 35.8 Å². The summed E-state index contributed by atoms with van der Waals surface area (Å²) in [5.74, 6) is 0.325. The average molecular weight is 550 g/mol. The van der Waals surface area contributed by atoms with Crippen LogP contribution in [0.5, 0.6) is 0 Å². The van der Waals surface area contributed by atoms with Crippen LogP contribution in [0, 0.1) is 12.8 Å². The Morgan fingerprint density at radius 2 is 1.61 bits per heavy atom. The van der Waals surface area contributed by atoms with Crippen molar-refractivity contribution in [2.75, 3.05) is 38.0 Å². The molecule has 3 saturated heterocycles. The zero-order chi connectivity index (χ0) is 24.3. The standard InChI is InChI=1S/C30H33N2O3.BrH/c1-22-12-13-27(26(18-22)23-8-4-2-5-9-23)31-19-30(34)35-29-21-32(16-14-25(29)15-17-32)20-28(33)24-10-6-3-7-11-24;/h2-13,18,25,29,31H,14-17,19-21H2,1H3;1H/q+1;/p-1/t25?,29-,32?;/m0./s1. The van der Waals surface area contributed by atoms with Crippen LogP contribution in [-0.4, -0.2) is 55.1 Å². The molecular formula is C30H33BrN2O3. The van der Waals surface area contributed by atoms with Crippen molar-refractivity contribution in [2.24, 2.45) is 5.92 Å². The number of nitrogens with one attached hydrogen (secondary N) is 1. The molecule has 0 aromatic heterocycles. The number of aryl methyl sites for hydroxylation is 1. The molecule has 3 aliphatic heterocycles. The number of ether oxygens (including phenoxy) is 1. The molecule has 188 valence electrons. The number of esters is 1. The SMILES string of the molecule is Cc1ccc(NCC(=O)O[C@H]2C[N+]3(CC(=O)c4ccccc4)CCC2CC3)c(-c2ccccc2)c1.[Br-]. The number of Topliss-reactive ketones (excluding diaryl/α,β-unsaturated/α-hetero) is 1. The first-order valence-corrected chi connectivity index (χ1v) is 12.5. The number of hydrogen-bond acceptors (Lipinski definition) is 4. The van der Waals surface area contributed by atoms with Crippen LogP contribution in [0.25, 0.3) is 11.1 Å². The first-order valence-electron chi connectivity index (χ1n) is 12.5. The summed E-state index contributed by atoms with van der Waals surface area (Å²) in [5, 5.41) is 3.30. The predicted octanol–water partition coefficient (Wildman–Crippen LogP) is 2.11. The van der Waals surface area contributed by atoms with Gasteiger partial charge in [-0.15, -0.1) is 0 Å². The van der Waals surface area contributed by atoms with Gasteiger partial charge in [0.15, 0.2) is 6.10 Å². The second kappa shape index (κ2) is 11.4. The number of quaternary nitrogens is 1. The highest BCUT2D eigenvalue weighted by Gasteiger charge is 2.48. The topological polar surface area (TPSA) is 55.4 Å². The molecule has 0 unspecified atom stereocenters. The van der Waals surface area contributed by atoms with Gasteiger partial charge in [-0.3, -0.25) is 9.59 Å². The van der Waals surface area contributed by atoms with Gasteiger partial charge < -0.3 is 31.5 Å². The number of carbonyl (C=O) groups is 2. The Kier molecular flexibility index (Phi) is 8.27. The van der Waals surface area contributed by atoms with Crippen molar-refractivity contribution in [3.63, 3.8) is 0 Å². The van der Waals surface area contributed by atoms with E-state index in [-0.39, 0.29) is 41.4 Å². The first kappa shape index (κ1) is 26.1. The summed E-state index contributed by atoms with van der Waals surface area (Å²) in [5.41, 5.74) is 5.04. The predicted molar refractivity (Wildman–Crippen MR) is 138 cm³/mol. The maximum absolute atomic E-state index is 12.9. The Morgan fingerprint density at radius 1 is 0.944 bits per heavy atom. The van der Waals surface area contributed by atoms with E-state index in [1.165, 1.54) is 5.56 Å². The van der Waals surface area contributed by atoms with E-state index in [2.05, 4.69) is 30.4 Å². The molecule has 6 heteroatoms. The Morgan fingerprint density at radius 3 is 2.31 bits per heavy atom. The highest BCUT2D eigenvalue weighted by Crippen LogP contribution is 2.36. The smallest absolute Gasteiger partial charge is 0.325 e. The number of piperidine rings is 3. The quantitative estimate of drug-likeness (QED) is 0.266. The summed E-state index contributed by atoms with van der Waals surface area (Å²) >= 11 is 0. The van der Waals surface area contributed by atoms with Crippen molar-refractivity contribution in [1.82, 2.24) is 0 Å². The summed E-state index contributed by atoms with van der Waals surface area (Å²) in [6, 6.07) is 25.9. The lowest BCUT2D eigenvalue weighted by atomic mass is 9.83. The number of nitrogens with zero attached hydrogens (tertiary/aromatic N) is 1. The normalized spacial score (nSPS) is 22.4. The van der Waals surface area contributed by atoms with E-state index in [1.54, 1.807) is 0 Å². The Labute approximate surface area is 223 Å². The van der Waals surface area contributed by atoms with Gasteiger partial charge in [0.05, 0.1) is 13.1 Å². The zero-order valence-electron chi connectivity index (χ0n) is 20.7. The van der Waals surface area contributed by atoms with Crippen LogP contribution in [0.3, 0.4) is 0 Å². The summed E-state index contributed by atoms with van der Waals surface area (Å²) in [6.07, 6.45) is 1.88. The molecule has 0 spiro atoms. The van der Waals surface area contributed by atoms with E-state index < -0.39 is 0 Å². The van der Waals surface area contributed by atoms with E-state index in [1.807, 2.05) is 60.7 Å². The molecule has 3 aromatic rings. The summed E-state index contributed by atoms with van der Waals surface area (Å²) in [6.45, 7) is 5.37. The van der Waals surface area contributed by atoms with E-state index >= 15 is 0 Å². The molecule has 2 bridgehead atoms. The van der Waals surface area contributed by atoms with E-state index in [0.29, 0.717) is 12.5 Å². The fraction of sp³-hybridized carbons (Fsp3) is 0.333. The van der Waals surface area contributed by atoms with Gasteiger partial charge in [-0.2, -0.15) is 0 Å². The lowest BCUT2D eigenvalue weighted by molar-refractivity contribution is -0.938. The number of rotatable bonds is 8. The van der Waals surface area contributed by atoms with Crippen LogP contribution in [0.4, 0.5) is 5.69 Å². The van der Waals surface area contributed by atoms with Crippen molar-refractivity contribution in [3.05, 3.63) is 90.0 Å². The summed E-state index contributed by atoms with van der Waals surface area (Å²) < 4.78 is 6.73. The van der Waals surface area contributed by atoms with Gasteiger partial charge in [0.2, 0.25) is 5.78 Å². The number of benzene rings is 3. The highest BCUT2D eigenvalue weighted by atomic mass is 79.9. The molecule has 6 rings (SSSR count). The summed E-state index contributed by atoms with van der Waals surface area (Å²) in [4.78, 5) is 25.8. The van der Waals surface area contributed by atoms with Gasteiger partial charge in [-0.1, -0.05) is 72.3 Å². The highest BCUT2D eigenvalue weighted by molar-refractivity contribution is 5.97. The molecule has 36 heavy (non-hydrogen) atoms. The van der Waals surface area contributed by atoms with Crippen molar-refractivity contribution in [3.8, 4) is 11.1 Å². The number of fused-ring (bicyclic) bond motifs is 3. The van der Waals surface area contributed by atoms with Gasteiger partial charge in [0.1, 0.15) is 19.6 Å². The molecule has 1 N–H and O–H groups in total. The number of halogens is 1. The molecule has 5 nitrogen and oxygen atoms in total. The Hall–Kier alpha value is -2.96. The molecular weight excluding hydrogens is 516 g/mol. The van der Waals surface area contributed by atoms with Crippen molar-refractivity contribution in [1.29, 1.82) is 0 Å². The van der Waals surface area contributed by atoms with Gasteiger partial charge in [0.25, 0.3) is 0 Å². The van der Waals surface area contributed by atoms with Crippen LogP contribution in [0.15, 0.2) is 78.9 Å². The second-order valence-electron chi connectivity index (χ2n) is 10.1. The Balaban J connectivity index is 0.00000304. The van der Waals surface area contributed by atoms with Gasteiger partial charge >= 0.3 is 5.97 Å². The first-order chi connectivity index (χ1) is 17.0. The van der Waals surface area contributed by atoms with Crippen LogP contribution in [0.2, 0.25) is 0 Å². The molecule has 3 fully saturated rings. The van der Waals surface area contributed by atoms with Crippen LogP contribution < -0.4 is 22.3 Å². The molecule has 0 radical (unpaired) electrons. The van der Waals surface area contributed by atoms with Gasteiger partial charge in [-0.25, -0.2) is 0 Å². The van der Waals surface area contributed by atoms with Crippen LogP contribution >= 0.6 is 0 Å². The second-order valence-corrected chi connectivity index (χ2v) is 10.1. The van der Waals surface area contributed by atoms with Gasteiger partial charge in [-0.05, 0) is 24.6 Å². The maximum Gasteiger partial charge on any atom is 0.325 e.